The molecule has 138 valence electrons. The van der Waals surface area contributed by atoms with Gasteiger partial charge in [0.15, 0.2) is 0 Å². The number of sulfonamides is 1. The van der Waals surface area contributed by atoms with Gasteiger partial charge in [-0.3, -0.25) is 0 Å². The molecule has 0 aromatic carbocycles. The maximum Gasteiger partial charge on any atom is 0.332 e. The van der Waals surface area contributed by atoms with Crippen molar-refractivity contribution in [1.82, 2.24) is 10.0 Å². The molecule has 2 amide bonds. The zero-order chi connectivity index (χ0) is 17.9. The van der Waals surface area contributed by atoms with Crippen LogP contribution in [0.3, 0.4) is 0 Å². The van der Waals surface area contributed by atoms with Crippen LogP contribution in [0.5, 0.6) is 0 Å². The number of hydrogen-bond donors (Lipinski definition) is 2. The molecule has 6 heteroatoms. The number of nitrogens with one attached hydrogen (secondary N) is 2. The van der Waals surface area contributed by atoms with E-state index >= 15 is 0 Å². The van der Waals surface area contributed by atoms with Crippen LogP contribution in [0.25, 0.3) is 0 Å². The van der Waals surface area contributed by atoms with Gasteiger partial charge in [0.1, 0.15) is 0 Å². The smallest absolute Gasteiger partial charge is 0.307 e. The van der Waals surface area contributed by atoms with Crippen LogP contribution in [0.2, 0.25) is 0 Å². The molecule has 0 radical (unpaired) electrons. The van der Waals surface area contributed by atoms with Gasteiger partial charge in [-0.05, 0) is 74.5 Å². The highest BCUT2D eigenvalue weighted by Crippen LogP contribution is 2.36. The van der Waals surface area contributed by atoms with Gasteiger partial charge < -0.3 is 5.32 Å². The molecule has 2 saturated carbocycles. The highest BCUT2D eigenvalue weighted by molar-refractivity contribution is 7.90. The Labute approximate surface area is 150 Å². The predicted molar refractivity (Wildman–Crippen MR) is 99.4 cm³/mol. The van der Waals surface area contributed by atoms with E-state index < -0.39 is 21.3 Å². The summed E-state index contributed by atoms with van der Waals surface area (Å²) < 4.78 is 26.9. The molecule has 0 bridgehead atoms. The van der Waals surface area contributed by atoms with Crippen molar-refractivity contribution in [3.8, 4) is 0 Å². The fraction of sp³-hybridized carbons (Fsp3) is 0.632. The number of hydrogen-bond acceptors (Lipinski definition) is 3. The van der Waals surface area contributed by atoms with Crippen LogP contribution in [-0.2, 0) is 10.0 Å². The Balaban J connectivity index is 1.77. The summed E-state index contributed by atoms with van der Waals surface area (Å²) in [5, 5.41) is 2.38. The van der Waals surface area contributed by atoms with Gasteiger partial charge in [-0.25, -0.2) is 17.9 Å². The van der Waals surface area contributed by atoms with E-state index in [0.29, 0.717) is 12.8 Å². The molecule has 0 aromatic rings. The first-order chi connectivity index (χ1) is 12.0. The first-order valence-corrected chi connectivity index (χ1v) is 11.0. The van der Waals surface area contributed by atoms with Gasteiger partial charge in [-0.15, -0.1) is 0 Å². The van der Waals surface area contributed by atoms with Gasteiger partial charge >= 0.3 is 6.03 Å². The minimum Gasteiger partial charge on any atom is -0.307 e. The van der Waals surface area contributed by atoms with Gasteiger partial charge in [-0.1, -0.05) is 25.5 Å². The van der Waals surface area contributed by atoms with E-state index in [-0.39, 0.29) is 0 Å². The Hall–Kier alpha value is -1.56. The van der Waals surface area contributed by atoms with Crippen molar-refractivity contribution < 1.29 is 13.2 Å². The Morgan fingerprint density at radius 2 is 1.80 bits per heavy atom. The summed E-state index contributed by atoms with van der Waals surface area (Å²) in [6.07, 6.45) is 12.4. The standard InChI is InChI=1S/C19H28N2O3S/c1-14-8-3-2-4-9-15-10-7-13-17(15)18(14)20-19(22)21-25(23,24)16-11-5-6-12-16/h9,16H,1-8,10-13H2,(H2,20,21,22)/b15-9-,18-17?. The summed E-state index contributed by atoms with van der Waals surface area (Å²) in [5.41, 5.74) is 4.07. The maximum absolute atomic E-state index is 12.4. The highest BCUT2D eigenvalue weighted by atomic mass is 32.2. The van der Waals surface area contributed by atoms with Crippen LogP contribution in [0.1, 0.15) is 70.6 Å². The number of urea groups is 1. The summed E-state index contributed by atoms with van der Waals surface area (Å²) in [6, 6.07) is -0.652. The minimum absolute atomic E-state index is 0.443. The van der Waals surface area contributed by atoms with Crippen LogP contribution in [0.15, 0.2) is 35.1 Å². The minimum atomic E-state index is -3.60. The Bertz CT molecular complexity index is 713. The molecule has 0 spiro atoms. The number of carbonyl (C=O) groups is 1. The van der Waals surface area contributed by atoms with Gasteiger partial charge in [0.05, 0.1) is 5.25 Å². The molecule has 2 N–H and O–H groups in total. The maximum atomic E-state index is 12.4. The first kappa shape index (κ1) is 18.2. The fourth-order valence-corrected chi connectivity index (χ4v) is 5.52. The number of carbonyl (C=O) groups excluding carboxylic acids is 1. The van der Waals surface area contributed by atoms with E-state index in [0.717, 1.165) is 74.6 Å². The second-order valence-electron chi connectivity index (χ2n) is 7.29. The number of allylic oxidation sites excluding steroid dienone is 4. The van der Waals surface area contributed by atoms with Crippen LogP contribution in [-0.4, -0.2) is 19.7 Å². The summed E-state index contributed by atoms with van der Waals surface area (Å²) in [6.45, 7) is 4.15. The molecule has 2 fully saturated rings. The monoisotopic (exact) mass is 364 g/mol. The van der Waals surface area contributed by atoms with Gasteiger partial charge in [0.2, 0.25) is 10.0 Å². The number of amides is 2. The SMILES string of the molecule is C=C1CCCC/C=C2/CCCC2=C1NC(=O)NS(=O)(=O)C1CCCC1. The van der Waals surface area contributed by atoms with Crippen molar-refractivity contribution >= 4 is 16.1 Å². The fourth-order valence-electron chi connectivity index (χ4n) is 4.09. The van der Waals surface area contributed by atoms with Crippen molar-refractivity contribution in [3.63, 3.8) is 0 Å². The van der Waals surface area contributed by atoms with E-state index in [2.05, 4.69) is 22.7 Å². The molecule has 5 nitrogen and oxygen atoms in total. The molecule has 0 atom stereocenters. The van der Waals surface area contributed by atoms with E-state index in [1.807, 2.05) is 0 Å². The molecule has 0 aromatic heterocycles. The van der Waals surface area contributed by atoms with Crippen molar-refractivity contribution in [1.29, 1.82) is 0 Å². The average Bonchev–Trinajstić information content (AvgIpc) is 3.22. The van der Waals surface area contributed by atoms with E-state index in [1.54, 1.807) is 0 Å². The second-order valence-corrected chi connectivity index (χ2v) is 9.25. The average molecular weight is 365 g/mol. The normalized spacial score (nSPS) is 24.8. The van der Waals surface area contributed by atoms with Crippen molar-refractivity contribution in [2.75, 3.05) is 0 Å². The molecular weight excluding hydrogens is 336 g/mol. The number of fused-ring (bicyclic) bond motifs is 1. The zero-order valence-electron chi connectivity index (χ0n) is 14.8. The molecular formula is C19H28N2O3S. The van der Waals surface area contributed by atoms with Gasteiger partial charge in [0, 0.05) is 5.70 Å². The largest absolute Gasteiger partial charge is 0.332 e. The lowest BCUT2D eigenvalue weighted by Gasteiger charge is -2.18. The van der Waals surface area contributed by atoms with Crippen LogP contribution in [0.4, 0.5) is 4.79 Å². The quantitative estimate of drug-likeness (QED) is 0.793. The Morgan fingerprint density at radius 1 is 1.04 bits per heavy atom. The van der Waals surface area contributed by atoms with Crippen LogP contribution < -0.4 is 10.0 Å². The van der Waals surface area contributed by atoms with Crippen LogP contribution in [0, 0.1) is 0 Å². The van der Waals surface area contributed by atoms with Gasteiger partial charge in [-0.2, -0.15) is 0 Å². The van der Waals surface area contributed by atoms with Crippen molar-refractivity contribution in [3.05, 3.63) is 35.1 Å². The molecule has 0 saturated heterocycles. The summed E-state index contributed by atoms with van der Waals surface area (Å²) in [5.74, 6) is 0. The lowest BCUT2D eigenvalue weighted by Crippen LogP contribution is -2.43. The predicted octanol–water partition coefficient (Wildman–Crippen LogP) is 4.05. The van der Waals surface area contributed by atoms with Crippen molar-refractivity contribution in [2.24, 2.45) is 0 Å². The first-order valence-electron chi connectivity index (χ1n) is 9.40. The Kier molecular flexibility index (Phi) is 5.67. The van der Waals surface area contributed by atoms with E-state index in [1.165, 1.54) is 5.57 Å². The van der Waals surface area contributed by atoms with Crippen LogP contribution >= 0.6 is 0 Å². The molecule has 25 heavy (non-hydrogen) atoms. The van der Waals surface area contributed by atoms with Crippen molar-refractivity contribution in [2.45, 2.75) is 75.9 Å². The molecule has 3 aliphatic rings. The lowest BCUT2D eigenvalue weighted by atomic mass is 10.0. The van der Waals surface area contributed by atoms with E-state index in [9.17, 15) is 13.2 Å². The zero-order valence-corrected chi connectivity index (χ0v) is 15.6. The third-order valence-electron chi connectivity index (χ3n) is 5.45. The summed E-state index contributed by atoms with van der Waals surface area (Å²) in [4.78, 5) is 12.4. The third kappa shape index (κ3) is 4.35. The topological polar surface area (TPSA) is 75.3 Å². The summed E-state index contributed by atoms with van der Waals surface area (Å²) >= 11 is 0. The van der Waals surface area contributed by atoms with E-state index in [4.69, 9.17) is 0 Å². The van der Waals surface area contributed by atoms with Gasteiger partial charge in [0.25, 0.3) is 0 Å². The Morgan fingerprint density at radius 3 is 2.56 bits per heavy atom. The molecule has 0 heterocycles. The molecule has 3 aliphatic carbocycles. The molecule has 0 unspecified atom stereocenters. The lowest BCUT2D eigenvalue weighted by molar-refractivity contribution is 0.248. The molecule has 3 rings (SSSR count). The number of rotatable bonds is 3. The second kappa shape index (κ2) is 7.77. The highest BCUT2D eigenvalue weighted by Gasteiger charge is 2.31. The molecule has 0 aliphatic heterocycles. The third-order valence-corrected chi connectivity index (χ3v) is 7.27. The summed E-state index contributed by atoms with van der Waals surface area (Å²) in [7, 11) is -3.60.